The fourth-order valence-corrected chi connectivity index (χ4v) is 4.02. The van der Waals surface area contributed by atoms with Gasteiger partial charge in [0.05, 0.1) is 11.2 Å². The van der Waals surface area contributed by atoms with Gasteiger partial charge < -0.3 is 9.88 Å². The molecule has 4 rings (SSSR count). The minimum Gasteiger partial charge on any atom is -0.338 e. The van der Waals surface area contributed by atoms with Crippen molar-refractivity contribution in [3.05, 3.63) is 74.9 Å². The lowest BCUT2D eigenvalue weighted by Crippen LogP contribution is -2.40. The van der Waals surface area contributed by atoms with Crippen molar-refractivity contribution >= 4 is 17.5 Å². The predicted molar refractivity (Wildman–Crippen MR) is 109 cm³/mol. The summed E-state index contributed by atoms with van der Waals surface area (Å²) in [6.07, 6.45) is 4.88. The number of aromatic nitrogens is 3. The zero-order valence-corrected chi connectivity index (χ0v) is 16.3. The Morgan fingerprint density at radius 1 is 1.21 bits per heavy atom. The molecule has 2 aromatic heterocycles. The Balaban J connectivity index is 1.51. The summed E-state index contributed by atoms with van der Waals surface area (Å²) in [5, 5.41) is 7.79. The third-order valence-electron chi connectivity index (χ3n) is 5.39. The minimum atomic E-state index is -0.410. The van der Waals surface area contributed by atoms with Crippen LogP contribution in [-0.2, 0) is 0 Å². The molecule has 1 aliphatic heterocycles. The third kappa shape index (κ3) is 3.47. The summed E-state index contributed by atoms with van der Waals surface area (Å²) in [7, 11) is 0. The van der Waals surface area contributed by atoms with Gasteiger partial charge in [-0.15, -0.1) is 0 Å². The van der Waals surface area contributed by atoms with E-state index in [1.54, 1.807) is 4.90 Å². The van der Waals surface area contributed by atoms with Crippen LogP contribution in [0.2, 0.25) is 5.02 Å². The molecule has 0 radical (unpaired) electrons. The van der Waals surface area contributed by atoms with Crippen LogP contribution in [0.4, 0.5) is 0 Å². The number of amides is 1. The summed E-state index contributed by atoms with van der Waals surface area (Å²) in [5.41, 5.74) is 4.30. The molecule has 7 heteroatoms. The normalized spacial score (nSPS) is 15.0. The fourth-order valence-electron chi connectivity index (χ4n) is 3.85. The van der Waals surface area contributed by atoms with Gasteiger partial charge in [0.25, 0.3) is 11.5 Å². The first-order chi connectivity index (χ1) is 13.5. The largest absolute Gasteiger partial charge is 0.338 e. The Bertz CT molecular complexity index is 1060. The Kier molecular flexibility index (Phi) is 5.05. The third-order valence-corrected chi connectivity index (χ3v) is 5.61. The standard InChI is InChI=1S/C21H21ClN4O2/c1-13-4-2-3-5-16(13)18-12-24-25-19(18)14-6-8-26(9-7-14)21(28)17-10-15(22)11-23-20(17)27/h2-5,10-12,14H,6-9H2,1H3,(H,23,27)(H,24,25). The van der Waals surface area contributed by atoms with E-state index in [4.69, 9.17) is 11.6 Å². The maximum atomic E-state index is 12.7. The zero-order chi connectivity index (χ0) is 19.7. The highest BCUT2D eigenvalue weighted by atomic mass is 35.5. The second-order valence-electron chi connectivity index (χ2n) is 7.14. The molecule has 2 N–H and O–H groups in total. The molecule has 0 atom stereocenters. The van der Waals surface area contributed by atoms with Crippen molar-refractivity contribution in [3.63, 3.8) is 0 Å². The van der Waals surface area contributed by atoms with Crippen LogP contribution in [-0.4, -0.2) is 39.1 Å². The summed E-state index contributed by atoms with van der Waals surface area (Å²) in [6, 6.07) is 9.69. The number of halogens is 1. The van der Waals surface area contributed by atoms with Gasteiger partial charge in [0.2, 0.25) is 0 Å². The summed E-state index contributed by atoms with van der Waals surface area (Å²) >= 11 is 5.93. The summed E-state index contributed by atoms with van der Waals surface area (Å²) < 4.78 is 0. The van der Waals surface area contributed by atoms with Gasteiger partial charge >= 0.3 is 0 Å². The van der Waals surface area contributed by atoms with Crippen LogP contribution < -0.4 is 5.56 Å². The van der Waals surface area contributed by atoms with Crippen LogP contribution in [0.1, 0.15) is 40.4 Å². The van der Waals surface area contributed by atoms with Gasteiger partial charge in [-0.05, 0) is 37.0 Å². The molecule has 1 aliphatic rings. The van der Waals surface area contributed by atoms with E-state index in [2.05, 4.69) is 34.2 Å². The van der Waals surface area contributed by atoms with Gasteiger partial charge in [-0.2, -0.15) is 5.10 Å². The highest BCUT2D eigenvalue weighted by Gasteiger charge is 2.28. The predicted octanol–water partition coefficient (Wildman–Crippen LogP) is 3.75. The van der Waals surface area contributed by atoms with Crippen LogP contribution in [0.15, 0.2) is 47.5 Å². The van der Waals surface area contributed by atoms with Gasteiger partial charge in [-0.25, -0.2) is 0 Å². The fraction of sp³-hybridized carbons (Fsp3) is 0.286. The van der Waals surface area contributed by atoms with E-state index in [-0.39, 0.29) is 11.5 Å². The minimum absolute atomic E-state index is 0.0908. The topological polar surface area (TPSA) is 81.8 Å². The SMILES string of the molecule is Cc1ccccc1-c1cn[nH]c1C1CCN(C(=O)c2cc(Cl)c[nH]c2=O)CC1. The molecule has 0 bridgehead atoms. The first kappa shape index (κ1) is 18.5. The average molecular weight is 397 g/mol. The van der Waals surface area contributed by atoms with Crippen molar-refractivity contribution in [3.8, 4) is 11.1 Å². The maximum absolute atomic E-state index is 12.7. The molecule has 0 spiro atoms. The van der Waals surface area contributed by atoms with E-state index in [9.17, 15) is 9.59 Å². The molecule has 144 valence electrons. The van der Waals surface area contributed by atoms with E-state index < -0.39 is 5.56 Å². The van der Waals surface area contributed by atoms with Crippen molar-refractivity contribution in [2.45, 2.75) is 25.7 Å². The van der Waals surface area contributed by atoms with Gasteiger partial charge in [-0.1, -0.05) is 35.9 Å². The molecule has 6 nitrogen and oxygen atoms in total. The molecule has 1 aromatic carbocycles. The number of nitrogens with one attached hydrogen (secondary N) is 2. The average Bonchev–Trinajstić information content (AvgIpc) is 3.19. The van der Waals surface area contributed by atoms with Gasteiger partial charge in [0.15, 0.2) is 0 Å². The van der Waals surface area contributed by atoms with Crippen LogP contribution in [0.3, 0.4) is 0 Å². The highest BCUT2D eigenvalue weighted by Crippen LogP contribution is 2.35. The summed E-state index contributed by atoms with van der Waals surface area (Å²) in [4.78, 5) is 28.9. The number of hydrogen-bond donors (Lipinski definition) is 2. The number of carbonyl (C=O) groups excluding carboxylic acids is 1. The molecular weight excluding hydrogens is 376 g/mol. The number of nitrogens with zero attached hydrogens (tertiary/aromatic N) is 2. The molecular formula is C21H21ClN4O2. The van der Waals surface area contributed by atoms with Crippen molar-refractivity contribution < 1.29 is 4.79 Å². The lowest BCUT2D eigenvalue weighted by Gasteiger charge is -2.32. The molecule has 1 saturated heterocycles. The monoisotopic (exact) mass is 396 g/mol. The van der Waals surface area contributed by atoms with Gasteiger partial charge in [-0.3, -0.25) is 14.7 Å². The number of pyridine rings is 1. The summed E-state index contributed by atoms with van der Waals surface area (Å²) in [6.45, 7) is 3.26. The summed E-state index contributed by atoms with van der Waals surface area (Å²) in [5.74, 6) is 0.0183. The van der Waals surface area contributed by atoms with Crippen molar-refractivity contribution in [2.24, 2.45) is 0 Å². The number of H-pyrrole nitrogens is 2. The molecule has 1 fully saturated rings. The van der Waals surface area contributed by atoms with E-state index >= 15 is 0 Å². The van der Waals surface area contributed by atoms with E-state index in [1.165, 1.54) is 23.4 Å². The van der Waals surface area contributed by atoms with Crippen LogP contribution in [0.5, 0.6) is 0 Å². The van der Waals surface area contributed by atoms with Gasteiger partial charge in [0, 0.05) is 36.5 Å². The lowest BCUT2D eigenvalue weighted by atomic mass is 9.88. The van der Waals surface area contributed by atoms with E-state index in [0.29, 0.717) is 24.0 Å². The number of likely N-dealkylation sites (tertiary alicyclic amines) is 1. The number of hydrogen-bond acceptors (Lipinski definition) is 3. The molecule has 28 heavy (non-hydrogen) atoms. The molecule has 3 aromatic rings. The molecule has 0 unspecified atom stereocenters. The molecule has 0 aliphatic carbocycles. The van der Waals surface area contributed by atoms with Crippen molar-refractivity contribution in [1.29, 1.82) is 0 Å². The number of aromatic amines is 2. The van der Waals surface area contributed by atoms with E-state index in [0.717, 1.165) is 24.1 Å². The quantitative estimate of drug-likeness (QED) is 0.707. The van der Waals surface area contributed by atoms with Crippen LogP contribution in [0, 0.1) is 6.92 Å². The number of aryl methyl sites for hydroxylation is 1. The maximum Gasteiger partial charge on any atom is 0.260 e. The van der Waals surface area contributed by atoms with Crippen molar-refractivity contribution in [1.82, 2.24) is 20.1 Å². The zero-order valence-electron chi connectivity index (χ0n) is 15.5. The Morgan fingerprint density at radius 3 is 2.71 bits per heavy atom. The van der Waals surface area contributed by atoms with Crippen molar-refractivity contribution in [2.75, 3.05) is 13.1 Å². The van der Waals surface area contributed by atoms with Gasteiger partial charge in [0.1, 0.15) is 5.56 Å². The Morgan fingerprint density at radius 2 is 1.96 bits per heavy atom. The second-order valence-corrected chi connectivity index (χ2v) is 7.58. The second kappa shape index (κ2) is 7.64. The van der Waals surface area contributed by atoms with Crippen LogP contribution in [0.25, 0.3) is 11.1 Å². The number of carbonyl (C=O) groups is 1. The molecule has 3 heterocycles. The lowest BCUT2D eigenvalue weighted by molar-refractivity contribution is 0.0710. The number of rotatable bonds is 3. The first-order valence-electron chi connectivity index (χ1n) is 9.31. The molecule has 0 saturated carbocycles. The van der Waals surface area contributed by atoms with E-state index in [1.807, 2.05) is 18.3 Å². The number of benzene rings is 1. The highest BCUT2D eigenvalue weighted by molar-refractivity contribution is 6.30. The number of piperidine rings is 1. The Hall–Kier alpha value is -2.86. The van der Waals surface area contributed by atoms with Crippen LogP contribution >= 0.6 is 11.6 Å². The smallest absolute Gasteiger partial charge is 0.260 e. The Labute approximate surface area is 167 Å². The first-order valence-corrected chi connectivity index (χ1v) is 9.69. The molecule has 1 amide bonds.